The standard InChI is InChI=1S/C16H30N4S.HI/c1-6-8-11-20(5)16(17-7-2)18-10-9-14-12-21-15(19-14)13(3)4;/h12-13H,6-11H2,1-5H3,(H,17,18);1H. The molecule has 6 heteroatoms. The molecular formula is C16H31IN4S. The van der Waals surface area contributed by atoms with E-state index in [1.54, 1.807) is 11.3 Å². The molecule has 0 amide bonds. The summed E-state index contributed by atoms with van der Waals surface area (Å²) in [5.74, 6) is 1.52. The van der Waals surface area contributed by atoms with E-state index in [0.29, 0.717) is 5.92 Å². The Morgan fingerprint density at radius 1 is 1.41 bits per heavy atom. The van der Waals surface area contributed by atoms with Gasteiger partial charge in [0.25, 0.3) is 0 Å². The van der Waals surface area contributed by atoms with Gasteiger partial charge in [-0.15, -0.1) is 35.3 Å². The maximum absolute atomic E-state index is 4.71. The highest BCUT2D eigenvalue weighted by Crippen LogP contribution is 2.19. The zero-order valence-corrected chi connectivity index (χ0v) is 17.7. The lowest BCUT2D eigenvalue weighted by molar-refractivity contribution is 0.465. The predicted molar refractivity (Wildman–Crippen MR) is 109 cm³/mol. The van der Waals surface area contributed by atoms with E-state index >= 15 is 0 Å². The number of nitrogens with zero attached hydrogens (tertiary/aromatic N) is 3. The van der Waals surface area contributed by atoms with Crippen molar-refractivity contribution in [3.63, 3.8) is 0 Å². The smallest absolute Gasteiger partial charge is 0.193 e. The van der Waals surface area contributed by atoms with Gasteiger partial charge in [0.1, 0.15) is 0 Å². The molecule has 0 saturated carbocycles. The third-order valence-electron chi connectivity index (χ3n) is 3.24. The number of rotatable bonds is 8. The van der Waals surface area contributed by atoms with Gasteiger partial charge in [0.2, 0.25) is 0 Å². The molecule has 1 rings (SSSR count). The first-order chi connectivity index (χ1) is 10.1. The Morgan fingerprint density at radius 2 is 2.14 bits per heavy atom. The van der Waals surface area contributed by atoms with Crippen molar-refractivity contribution in [2.24, 2.45) is 4.99 Å². The number of hydrogen-bond acceptors (Lipinski definition) is 3. The van der Waals surface area contributed by atoms with Gasteiger partial charge in [-0.1, -0.05) is 27.2 Å². The van der Waals surface area contributed by atoms with Crippen LogP contribution >= 0.6 is 35.3 Å². The number of aromatic nitrogens is 1. The molecule has 0 aliphatic rings. The fourth-order valence-electron chi connectivity index (χ4n) is 1.95. The van der Waals surface area contributed by atoms with Gasteiger partial charge in [0, 0.05) is 44.4 Å². The van der Waals surface area contributed by atoms with Gasteiger partial charge < -0.3 is 10.2 Å². The van der Waals surface area contributed by atoms with E-state index in [4.69, 9.17) is 4.99 Å². The van der Waals surface area contributed by atoms with Crippen molar-refractivity contribution in [1.29, 1.82) is 0 Å². The molecule has 128 valence electrons. The molecule has 4 nitrogen and oxygen atoms in total. The molecule has 1 aromatic heterocycles. The summed E-state index contributed by atoms with van der Waals surface area (Å²) in [5.41, 5.74) is 1.17. The van der Waals surface area contributed by atoms with Crippen LogP contribution in [0.3, 0.4) is 0 Å². The van der Waals surface area contributed by atoms with Crippen molar-refractivity contribution in [3.8, 4) is 0 Å². The summed E-state index contributed by atoms with van der Waals surface area (Å²) in [6, 6.07) is 0. The number of thiazole rings is 1. The average molecular weight is 438 g/mol. The number of aliphatic imine (C=N–C) groups is 1. The van der Waals surface area contributed by atoms with Crippen LogP contribution in [0, 0.1) is 0 Å². The number of unbranched alkanes of at least 4 members (excludes halogenated alkanes) is 1. The van der Waals surface area contributed by atoms with Crippen molar-refractivity contribution >= 4 is 41.3 Å². The topological polar surface area (TPSA) is 40.5 Å². The maximum atomic E-state index is 4.71. The third-order valence-corrected chi connectivity index (χ3v) is 4.43. The molecular weight excluding hydrogens is 407 g/mol. The Bertz CT molecular complexity index is 432. The van der Waals surface area contributed by atoms with Crippen LogP contribution in [0.15, 0.2) is 10.4 Å². The van der Waals surface area contributed by atoms with Gasteiger partial charge in [-0.3, -0.25) is 4.99 Å². The van der Waals surface area contributed by atoms with Crippen LogP contribution in [0.25, 0.3) is 0 Å². The van der Waals surface area contributed by atoms with Gasteiger partial charge in [-0.2, -0.15) is 0 Å². The first-order valence-corrected chi connectivity index (χ1v) is 8.90. The number of halogens is 1. The largest absolute Gasteiger partial charge is 0.357 e. The fraction of sp³-hybridized carbons (Fsp3) is 0.750. The summed E-state index contributed by atoms with van der Waals surface area (Å²) in [7, 11) is 2.11. The minimum Gasteiger partial charge on any atom is -0.357 e. The fourth-order valence-corrected chi connectivity index (χ4v) is 2.82. The highest BCUT2D eigenvalue weighted by molar-refractivity contribution is 14.0. The van der Waals surface area contributed by atoms with Crippen LogP contribution in [0.4, 0.5) is 0 Å². The highest BCUT2D eigenvalue weighted by Gasteiger charge is 2.07. The van der Waals surface area contributed by atoms with E-state index in [0.717, 1.165) is 32.0 Å². The number of hydrogen-bond donors (Lipinski definition) is 1. The Balaban J connectivity index is 0.00000441. The molecule has 0 unspecified atom stereocenters. The lowest BCUT2D eigenvalue weighted by Gasteiger charge is -2.21. The second-order valence-electron chi connectivity index (χ2n) is 5.59. The van der Waals surface area contributed by atoms with Crippen LogP contribution in [0.2, 0.25) is 0 Å². The lowest BCUT2D eigenvalue weighted by atomic mass is 10.2. The minimum absolute atomic E-state index is 0. The Morgan fingerprint density at radius 3 is 2.68 bits per heavy atom. The molecule has 22 heavy (non-hydrogen) atoms. The normalized spacial score (nSPS) is 11.5. The Hall–Kier alpha value is -0.370. The van der Waals surface area contributed by atoms with Gasteiger partial charge in [-0.25, -0.2) is 4.98 Å². The van der Waals surface area contributed by atoms with Gasteiger partial charge >= 0.3 is 0 Å². The van der Waals surface area contributed by atoms with Crippen molar-refractivity contribution < 1.29 is 0 Å². The second-order valence-corrected chi connectivity index (χ2v) is 6.48. The van der Waals surface area contributed by atoms with Crippen LogP contribution in [-0.4, -0.2) is 42.5 Å². The SMILES string of the molecule is CCCCN(C)C(=NCCc1csc(C(C)C)n1)NCC.I. The summed E-state index contributed by atoms with van der Waals surface area (Å²) in [6.07, 6.45) is 3.32. The summed E-state index contributed by atoms with van der Waals surface area (Å²) in [6.45, 7) is 11.4. The van der Waals surface area contributed by atoms with Crippen molar-refractivity contribution in [3.05, 3.63) is 16.1 Å². The maximum Gasteiger partial charge on any atom is 0.193 e. The predicted octanol–water partition coefficient (Wildman–Crippen LogP) is 4.12. The zero-order chi connectivity index (χ0) is 15.7. The second kappa shape index (κ2) is 12.1. The van der Waals surface area contributed by atoms with E-state index in [9.17, 15) is 0 Å². The number of guanidine groups is 1. The molecule has 1 aromatic rings. The van der Waals surface area contributed by atoms with Gasteiger partial charge in [-0.05, 0) is 13.3 Å². The van der Waals surface area contributed by atoms with E-state index in [1.807, 2.05) is 0 Å². The van der Waals surface area contributed by atoms with Crippen LogP contribution in [-0.2, 0) is 6.42 Å². The van der Waals surface area contributed by atoms with Crippen molar-refractivity contribution in [2.75, 3.05) is 26.7 Å². The molecule has 0 atom stereocenters. The van der Waals surface area contributed by atoms with Gasteiger partial charge in [0.15, 0.2) is 5.96 Å². The van der Waals surface area contributed by atoms with Gasteiger partial charge in [0.05, 0.1) is 10.7 Å². The molecule has 0 aliphatic heterocycles. The first-order valence-electron chi connectivity index (χ1n) is 8.02. The van der Waals surface area contributed by atoms with E-state index in [2.05, 4.69) is 55.3 Å². The van der Waals surface area contributed by atoms with E-state index in [1.165, 1.54) is 23.5 Å². The Labute approximate surface area is 156 Å². The summed E-state index contributed by atoms with van der Waals surface area (Å²) >= 11 is 1.76. The monoisotopic (exact) mass is 438 g/mol. The molecule has 0 fully saturated rings. The zero-order valence-electron chi connectivity index (χ0n) is 14.6. The van der Waals surface area contributed by atoms with E-state index < -0.39 is 0 Å². The molecule has 1 heterocycles. The molecule has 0 bridgehead atoms. The molecule has 0 spiro atoms. The quantitative estimate of drug-likeness (QED) is 0.377. The number of nitrogens with one attached hydrogen (secondary N) is 1. The van der Waals surface area contributed by atoms with Crippen LogP contribution < -0.4 is 5.32 Å². The molecule has 0 aliphatic carbocycles. The average Bonchev–Trinajstić information content (AvgIpc) is 2.93. The van der Waals surface area contributed by atoms with Crippen LogP contribution in [0.5, 0.6) is 0 Å². The van der Waals surface area contributed by atoms with Crippen molar-refractivity contribution in [2.45, 2.75) is 52.9 Å². The summed E-state index contributed by atoms with van der Waals surface area (Å²) in [4.78, 5) is 11.6. The molecule has 0 radical (unpaired) electrons. The highest BCUT2D eigenvalue weighted by atomic mass is 127. The first kappa shape index (κ1) is 21.6. The summed E-state index contributed by atoms with van der Waals surface area (Å²) in [5, 5.41) is 6.75. The molecule has 0 aromatic carbocycles. The minimum atomic E-state index is 0. The third kappa shape index (κ3) is 7.76. The summed E-state index contributed by atoms with van der Waals surface area (Å²) < 4.78 is 0. The molecule has 1 N–H and O–H groups in total. The lowest BCUT2D eigenvalue weighted by Crippen LogP contribution is -2.39. The van der Waals surface area contributed by atoms with Crippen LogP contribution in [0.1, 0.15) is 57.2 Å². The molecule has 0 saturated heterocycles. The van der Waals surface area contributed by atoms with Crippen molar-refractivity contribution in [1.82, 2.24) is 15.2 Å². The van der Waals surface area contributed by atoms with E-state index in [-0.39, 0.29) is 24.0 Å². The Kier molecular flexibility index (Phi) is 11.9.